The Labute approximate surface area is 122 Å². The first-order chi connectivity index (χ1) is 9.78. The zero-order valence-corrected chi connectivity index (χ0v) is 12.6. The molecule has 0 spiro atoms. The van der Waals surface area contributed by atoms with Crippen molar-refractivity contribution in [2.45, 2.75) is 57.6 Å². The number of ether oxygens (including phenoxy) is 1. The van der Waals surface area contributed by atoms with Gasteiger partial charge in [0.05, 0.1) is 12.3 Å². The molecule has 3 nitrogen and oxygen atoms in total. The minimum absolute atomic E-state index is 0.383. The molecule has 2 rings (SSSR count). The van der Waals surface area contributed by atoms with Crippen LogP contribution in [0.4, 0.5) is 0 Å². The second-order valence-electron chi connectivity index (χ2n) is 5.66. The van der Waals surface area contributed by atoms with E-state index in [9.17, 15) is 0 Å². The highest BCUT2D eigenvalue weighted by Crippen LogP contribution is 2.23. The van der Waals surface area contributed by atoms with Gasteiger partial charge in [0.15, 0.2) is 0 Å². The summed E-state index contributed by atoms with van der Waals surface area (Å²) in [6.45, 7) is 2.17. The molecule has 1 N–H and O–H groups in total. The van der Waals surface area contributed by atoms with Crippen molar-refractivity contribution in [3.8, 4) is 5.75 Å². The van der Waals surface area contributed by atoms with Crippen molar-refractivity contribution in [2.24, 2.45) is 0 Å². The molecular weight excluding hydrogens is 248 g/mol. The zero-order chi connectivity index (χ0) is 14.2. The summed E-state index contributed by atoms with van der Waals surface area (Å²) >= 11 is 0. The molecule has 0 bridgehead atoms. The maximum Gasteiger partial charge on any atom is 0.138 e. The number of aromatic nitrogens is 1. The minimum Gasteiger partial charge on any atom is -0.489 e. The molecule has 1 aliphatic carbocycles. The largest absolute Gasteiger partial charge is 0.489 e. The van der Waals surface area contributed by atoms with Crippen LogP contribution in [0.25, 0.3) is 6.08 Å². The van der Waals surface area contributed by atoms with Gasteiger partial charge >= 0.3 is 0 Å². The second-order valence-corrected chi connectivity index (χ2v) is 5.66. The first-order valence-corrected chi connectivity index (χ1v) is 7.73. The van der Waals surface area contributed by atoms with Crippen molar-refractivity contribution in [3.63, 3.8) is 0 Å². The third-order valence-electron chi connectivity index (χ3n) is 3.88. The fourth-order valence-corrected chi connectivity index (χ4v) is 2.49. The Kier molecular flexibility index (Phi) is 6.06. The molecule has 1 unspecified atom stereocenters. The van der Waals surface area contributed by atoms with E-state index in [4.69, 9.17) is 4.74 Å². The third-order valence-corrected chi connectivity index (χ3v) is 3.88. The van der Waals surface area contributed by atoms with Gasteiger partial charge in [-0.15, -0.1) is 0 Å². The lowest BCUT2D eigenvalue weighted by Gasteiger charge is -2.22. The zero-order valence-electron chi connectivity index (χ0n) is 12.6. The van der Waals surface area contributed by atoms with Gasteiger partial charge in [0.2, 0.25) is 0 Å². The maximum atomic E-state index is 6.04. The Morgan fingerprint density at radius 2 is 2.15 bits per heavy atom. The molecule has 3 heteroatoms. The summed E-state index contributed by atoms with van der Waals surface area (Å²) < 4.78 is 6.04. The van der Waals surface area contributed by atoms with Crippen LogP contribution in [0.1, 0.15) is 51.0 Å². The number of nitrogens with one attached hydrogen (secondary N) is 1. The molecule has 0 amide bonds. The second kappa shape index (κ2) is 8.05. The standard InChI is InChI=1S/C17H26N2O/c1-14(18-2)7-6-8-15-11-17(13-19-12-15)20-16-9-4-3-5-10-16/h6,8,11-14,16,18H,3-5,7,9-10H2,1-2H3/b8-6+. The predicted molar refractivity (Wildman–Crippen MR) is 83.9 cm³/mol. The molecule has 20 heavy (non-hydrogen) atoms. The van der Waals surface area contributed by atoms with Crippen LogP contribution in [0.5, 0.6) is 5.75 Å². The normalized spacial score (nSPS) is 18.3. The predicted octanol–water partition coefficient (Wildman–Crippen LogP) is 3.80. The average molecular weight is 274 g/mol. The van der Waals surface area contributed by atoms with Crippen LogP contribution in [-0.2, 0) is 0 Å². The summed E-state index contributed by atoms with van der Waals surface area (Å²) in [5, 5.41) is 3.23. The van der Waals surface area contributed by atoms with Crippen molar-refractivity contribution in [1.82, 2.24) is 10.3 Å². The van der Waals surface area contributed by atoms with Crippen molar-refractivity contribution < 1.29 is 4.74 Å². The quantitative estimate of drug-likeness (QED) is 0.856. The number of pyridine rings is 1. The summed E-state index contributed by atoms with van der Waals surface area (Å²) in [4.78, 5) is 4.28. The van der Waals surface area contributed by atoms with Gasteiger partial charge in [-0.25, -0.2) is 0 Å². The smallest absolute Gasteiger partial charge is 0.138 e. The number of nitrogens with zero attached hydrogens (tertiary/aromatic N) is 1. The van der Waals surface area contributed by atoms with Crippen molar-refractivity contribution in [1.29, 1.82) is 0 Å². The van der Waals surface area contributed by atoms with Gasteiger partial charge < -0.3 is 10.1 Å². The fourth-order valence-electron chi connectivity index (χ4n) is 2.49. The number of hydrogen-bond donors (Lipinski definition) is 1. The third kappa shape index (κ3) is 4.97. The lowest BCUT2D eigenvalue weighted by atomic mass is 9.98. The molecule has 1 aromatic heterocycles. The van der Waals surface area contributed by atoms with Crippen molar-refractivity contribution in [3.05, 3.63) is 30.1 Å². The Balaban J connectivity index is 1.89. The van der Waals surface area contributed by atoms with Crippen LogP contribution in [0.3, 0.4) is 0 Å². The van der Waals surface area contributed by atoms with E-state index in [0.29, 0.717) is 12.1 Å². The van der Waals surface area contributed by atoms with E-state index in [-0.39, 0.29) is 0 Å². The van der Waals surface area contributed by atoms with Crippen LogP contribution >= 0.6 is 0 Å². The van der Waals surface area contributed by atoms with Crippen LogP contribution in [0, 0.1) is 0 Å². The summed E-state index contributed by atoms with van der Waals surface area (Å²) in [6.07, 6.45) is 15.7. The molecule has 110 valence electrons. The minimum atomic E-state index is 0.383. The van der Waals surface area contributed by atoms with E-state index < -0.39 is 0 Å². The van der Waals surface area contributed by atoms with Gasteiger partial charge in [-0.2, -0.15) is 0 Å². The molecule has 0 radical (unpaired) electrons. The molecule has 0 saturated heterocycles. The lowest BCUT2D eigenvalue weighted by Crippen LogP contribution is -2.19. The fraction of sp³-hybridized carbons (Fsp3) is 0.588. The Morgan fingerprint density at radius 1 is 1.35 bits per heavy atom. The van der Waals surface area contributed by atoms with Gasteiger partial charge in [0.1, 0.15) is 5.75 Å². The molecule has 1 atom stereocenters. The van der Waals surface area contributed by atoms with Crippen LogP contribution in [-0.4, -0.2) is 24.2 Å². The highest BCUT2D eigenvalue weighted by molar-refractivity contribution is 5.49. The summed E-state index contributed by atoms with van der Waals surface area (Å²) in [6, 6.07) is 2.59. The molecule has 1 aliphatic rings. The summed E-state index contributed by atoms with van der Waals surface area (Å²) in [5.41, 5.74) is 1.11. The van der Waals surface area contributed by atoms with E-state index in [1.54, 1.807) is 0 Å². The highest BCUT2D eigenvalue weighted by atomic mass is 16.5. The Hall–Kier alpha value is -1.35. The van der Waals surface area contributed by atoms with Crippen LogP contribution in [0.15, 0.2) is 24.5 Å². The summed E-state index contributed by atoms with van der Waals surface area (Å²) in [7, 11) is 1.98. The van der Waals surface area contributed by atoms with Gasteiger partial charge in [-0.1, -0.05) is 18.6 Å². The van der Waals surface area contributed by atoms with E-state index in [1.165, 1.54) is 32.1 Å². The number of hydrogen-bond acceptors (Lipinski definition) is 3. The van der Waals surface area contributed by atoms with E-state index in [0.717, 1.165) is 17.7 Å². The van der Waals surface area contributed by atoms with Gasteiger partial charge in [-0.3, -0.25) is 4.98 Å². The first-order valence-electron chi connectivity index (χ1n) is 7.73. The van der Waals surface area contributed by atoms with Crippen molar-refractivity contribution in [2.75, 3.05) is 7.05 Å². The van der Waals surface area contributed by atoms with E-state index in [2.05, 4.69) is 35.4 Å². The van der Waals surface area contributed by atoms with Gasteiger partial charge in [-0.05, 0) is 57.7 Å². The van der Waals surface area contributed by atoms with Gasteiger partial charge in [0, 0.05) is 12.2 Å². The summed E-state index contributed by atoms with van der Waals surface area (Å²) in [5.74, 6) is 0.903. The monoisotopic (exact) mass is 274 g/mol. The molecule has 1 heterocycles. The van der Waals surface area contributed by atoms with Crippen molar-refractivity contribution >= 4 is 6.08 Å². The Morgan fingerprint density at radius 3 is 2.90 bits per heavy atom. The van der Waals surface area contributed by atoms with E-state index >= 15 is 0 Å². The first kappa shape index (κ1) is 15.0. The van der Waals surface area contributed by atoms with Gasteiger partial charge in [0.25, 0.3) is 0 Å². The SMILES string of the molecule is CNC(C)C/C=C/c1cncc(OC2CCCCC2)c1. The molecule has 1 fully saturated rings. The molecule has 0 aromatic carbocycles. The lowest BCUT2D eigenvalue weighted by molar-refractivity contribution is 0.154. The molecular formula is C17H26N2O. The van der Waals surface area contributed by atoms with Crippen LogP contribution in [0.2, 0.25) is 0 Å². The van der Waals surface area contributed by atoms with Crippen LogP contribution < -0.4 is 10.1 Å². The molecule has 1 aromatic rings. The number of rotatable bonds is 6. The maximum absolute atomic E-state index is 6.04. The average Bonchev–Trinajstić information content (AvgIpc) is 2.48. The molecule has 1 saturated carbocycles. The highest BCUT2D eigenvalue weighted by Gasteiger charge is 2.14. The molecule has 0 aliphatic heterocycles. The van der Waals surface area contributed by atoms with E-state index in [1.807, 2.05) is 19.4 Å². The topological polar surface area (TPSA) is 34.2 Å². The Bertz CT molecular complexity index is 425.